The van der Waals surface area contributed by atoms with E-state index in [0.29, 0.717) is 14.6 Å². The van der Waals surface area contributed by atoms with Crippen LogP contribution in [0.1, 0.15) is 0 Å². The molecule has 0 atom stereocenters. The van der Waals surface area contributed by atoms with Gasteiger partial charge in [-0.15, -0.1) is 0 Å². The van der Waals surface area contributed by atoms with Crippen molar-refractivity contribution in [1.82, 2.24) is 0 Å². The van der Waals surface area contributed by atoms with E-state index in [2.05, 4.69) is 36.0 Å². The number of hydrogen-bond acceptors (Lipinski definition) is 4. The molecule has 0 aliphatic rings. The lowest BCUT2D eigenvalue weighted by molar-refractivity contribution is 0.386. The smallest absolute Gasteiger partial charge is 0.397 e. The molecule has 0 aromatic heterocycles. The molecule has 0 aliphatic heterocycles. The number of hydrogen-bond donors (Lipinski definition) is 2. The van der Waals surface area contributed by atoms with E-state index in [0.717, 1.165) is 0 Å². The number of benzene rings is 1. The minimum Gasteiger partial charge on any atom is -0.397 e. The molecule has 0 aliphatic carbocycles. The van der Waals surface area contributed by atoms with Crippen LogP contribution in [0.3, 0.4) is 0 Å². The maximum Gasteiger partial charge on any atom is 0.446 e. The summed E-state index contributed by atoms with van der Waals surface area (Å²) in [5.41, 5.74) is 5.96. The molecule has 0 heterocycles. The van der Waals surface area contributed by atoms with Gasteiger partial charge in [-0.05, 0) is 44.0 Å². The highest BCUT2D eigenvalue weighted by Gasteiger charge is 2.10. The van der Waals surface area contributed by atoms with Gasteiger partial charge in [-0.2, -0.15) is 8.42 Å². The van der Waals surface area contributed by atoms with E-state index in [1.54, 1.807) is 0 Å². The largest absolute Gasteiger partial charge is 0.446 e. The lowest BCUT2D eigenvalue weighted by Gasteiger charge is -2.05. The first-order valence-electron chi connectivity index (χ1n) is 3.21. The number of rotatable bonds is 2. The van der Waals surface area contributed by atoms with Crippen LogP contribution in [0.15, 0.2) is 21.1 Å². The predicted octanol–water partition coefficient (Wildman–Crippen LogP) is 1.98. The van der Waals surface area contributed by atoms with Gasteiger partial charge >= 0.3 is 10.4 Å². The van der Waals surface area contributed by atoms with Gasteiger partial charge in [0.15, 0.2) is 0 Å². The van der Waals surface area contributed by atoms with Crippen molar-refractivity contribution >= 4 is 47.9 Å². The Morgan fingerprint density at radius 3 is 2.07 bits per heavy atom. The SMILES string of the molecule is Nc1c(Br)cc(OS(=O)(=O)O)cc1Br. The third-order valence-electron chi connectivity index (χ3n) is 1.25. The zero-order chi connectivity index (χ0) is 10.9. The summed E-state index contributed by atoms with van der Waals surface area (Å²) in [6, 6.07) is 2.65. The van der Waals surface area contributed by atoms with E-state index in [9.17, 15) is 8.42 Å². The molecular formula is C6H5Br2NO4S. The highest BCUT2D eigenvalue weighted by atomic mass is 79.9. The van der Waals surface area contributed by atoms with E-state index >= 15 is 0 Å². The fraction of sp³-hybridized carbons (Fsp3) is 0. The minimum atomic E-state index is -4.51. The second-order valence-electron chi connectivity index (χ2n) is 2.31. The van der Waals surface area contributed by atoms with Crippen LogP contribution >= 0.6 is 31.9 Å². The van der Waals surface area contributed by atoms with Crippen LogP contribution in [0.4, 0.5) is 5.69 Å². The molecule has 1 aromatic rings. The van der Waals surface area contributed by atoms with Gasteiger partial charge in [-0.25, -0.2) is 0 Å². The fourth-order valence-electron chi connectivity index (χ4n) is 0.731. The van der Waals surface area contributed by atoms with Gasteiger partial charge in [0.2, 0.25) is 0 Å². The molecule has 0 radical (unpaired) electrons. The van der Waals surface area contributed by atoms with Gasteiger partial charge in [0, 0.05) is 8.95 Å². The lowest BCUT2D eigenvalue weighted by Crippen LogP contribution is -2.06. The molecule has 1 aromatic carbocycles. The molecule has 0 saturated carbocycles. The molecule has 0 unspecified atom stereocenters. The predicted molar refractivity (Wildman–Crippen MR) is 58.4 cm³/mol. The normalized spacial score (nSPS) is 11.4. The molecular weight excluding hydrogens is 342 g/mol. The van der Waals surface area contributed by atoms with Crippen molar-refractivity contribution < 1.29 is 17.2 Å². The van der Waals surface area contributed by atoms with Crippen LogP contribution < -0.4 is 9.92 Å². The van der Waals surface area contributed by atoms with Crippen molar-refractivity contribution in [2.45, 2.75) is 0 Å². The van der Waals surface area contributed by atoms with Crippen LogP contribution in [0, 0.1) is 0 Å². The molecule has 0 spiro atoms. The number of anilines is 1. The van der Waals surface area contributed by atoms with Gasteiger partial charge in [-0.1, -0.05) is 0 Å². The summed E-state index contributed by atoms with van der Waals surface area (Å²) in [6.45, 7) is 0. The summed E-state index contributed by atoms with van der Waals surface area (Å²) in [5.74, 6) is -0.0412. The number of halogens is 2. The molecule has 3 N–H and O–H groups in total. The summed E-state index contributed by atoms with van der Waals surface area (Å²) in [7, 11) is -4.51. The van der Waals surface area contributed by atoms with Gasteiger partial charge < -0.3 is 9.92 Å². The third kappa shape index (κ3) is 3.12. The highest BCUT2D eigenvalue weighted by molar-refractivity contribution is 9.11. The fourth-order valence-corrected chi connectivity index (χ4v) is 2.21. The molecule has 0 fully saturated rings. The van der Waals surface area contributed by atoms with E-state index in [1.807, 2.05) is 0 Å². The summed E-state index contributed by atoms with van der Waals surface area (Å²) in [5, 5.41) is 0. The van der Waals surface area contributed by atoms with Gasteiger partial charge in [-0.3, -0.25) is 4.55 Å². The third-order valence-corrected chi connectivity index (χ3v) is 2.97. The Morgan fingerprint density at radius 1 is 1.29 bits per heavy atom. The average Bonchev–Trinajstić information content (AvgIpc) is 1.96. The van der Waals surface area contributed by atoms with Gasteiger partial charge in [0.1, 0.15) is 5.75 Å². The quantitative estimate of drug-likeness (QED) is 0.631. The van der Waals surface area contributed by atoms with Crippen molar-refractivity contribution in [2.75, 3.05) is 5.73 Å². The second kappa shape index (κ2) is 4.05. The standard InChI is InChI=1S/C6H5Br2NO4S/c7-4-1-3(13-14(10,11)12)2-5(8)6(4)9/h1-2H,9H2,(H,10,11,12). The van der Waals surface area contributed by atoms with Gasteiger partial charge in [0.25, 0.3) is 0 Å². The maximum absolute atomic E-state index is 10.4. The summed E-state index contributed by atoms with van der Waals surface area (Å²) in [4.78, 5) is 0. The zero-order valence-corrected chi connectivity index (χ0v) is 10.6. The molecule has 5 nitrogen and oxygen atoms in total. The summed E-state index contributed by atoms with van der Waals surface area (Å²) >= 11 is 6.19. The van der Waals surface area contributed by atoms with E-state index < -0.39 is 10.4 Å². The molecule has 0 bridgehead atoms. The van der Waals surface area contributed by atoms with Crippen molar-refractivity contribution in [1.29, 1.82) is 0 Å². The van der Waals surface area contributed by atoms with Crippen molar-refractivity contribution in [3.8, 4) is 5.75 Å². The molecule has 0 saturated heterocycles. The second-order valence-corrected chi connectivity index (χ2v) is 5.04. The Labute approximate surface area is 97.5 Å². The Hall–Kier alpha value is -0.310. The Bertz CT molecular complexity index is 436. The van der Waals surface area contributed by atoms with Crippen molar-refractivity contribution in [3.63, 3.8) is 0 Å². The van der Waals surface area contributed by atoms with Crippen LogP contribution in [-0.2, 0) is 10.4 Å². The molecule has 1 rings (SSSR count). The monoisotopic (exact) mass is 345 g/mol. The van der Waals surface area contributed by atoms with Crippen LogP contribution in [0.5, 0.6) is 5.75 Å². The molecule has 78 valence electrons. The Balaban J connectivity index is 3.14. The summed E-state index contributed by atoms with van der Waals surface area (Å²) in [6.07, 6.45) is 0. The first-order valence-corrected chi connectivity index (χ1v) is 6.16. The topological polar surface area (TPSA) is 89.6 Å². The Morgan fingerprint density at radius 2 is 1.71 bits per heavy atom. The molecule has 8 heteroatoms. The maximum atomic E-state index is 10.4. The first-order chi connectivity index (χ1) is 6.29. The minimum absolute atomic E-state index is 0.0412. The van der Waals surface area contributed by atoms with E-state index in [1.165, 1.54) is 12.1 Å². The van der Waals surface area contributed by atoms with Gasteiger partial charge in [0.05, 0.1) is 5.69 Å². The lowest BCUT2D eigenvalue weighted by atomic mass is 10.3. The van der Waals surface area contributed by atoms with E-state index in [4.69, 9.17) is 10.3 Å². The highest BCUT2D eigenvalue weighted by Crippen LogP contribution is 2.33. The van der Waals surface area contributed by atoms with Crippen molar-refractivity contribution in [2.24, 2.45) is 0 Å². The first kappa shape index (κ1) is 11.8. The van der Waals surface area contributed by atoms with Crippen molar-refractivity contribution in [3.05, 3.63) is 21.1 Å². The van der Waals surface area contributed by atoms with Crippen LogP contribution in [-0.4, -0.2) is 13.0 Å². The summed E-state index contributed by atoms with van der Waals surface area (Å²) < 4.78 is 34.3. The van der Waals surface area contributed by atoms with Crippen LogP contribution in [0.25, 0.3) is 0 Å². The van der Waals surface area contributed by atoms with E-state index in [-0.39, 0.29) is 5.75 Å². The Kier molecular flexibility index (Phi) is 3.40. The number of nitrogen functional groups attached to an aromatic ring is 1. The number of nitrogens with two attached hydrogens (primary N) is 1. The zero-order valence-electron chi connectivity index (χ0n) is 6.57. The average molecular weight is 347 g/mol. The molecule has 0 amide bonds. The molecule has 14 heavy (non-hydrogen) atoms. The van der Waals surface area contributed by atoms with Crippen LogP contribution in [0.2, 0.25) is 0 Å².